The smallest absolute Gasteiger partial charge is 0.263 e. The summed E-state index contributed by atoms with van der Waals surface area (Å²) in [6.45, 7) is 3.55. The van der Waals surface area contributed by atoms with Crippen LogP contribution in [0.15, 0.2) is 23.7 Å². The summed E-state index contributed by atoms with van der Waals surface area (Å²) in [5.74, 6) is 0.0188. The first-order chi connectivity index (χ1) is 11.5. The molecule has 1 amide bonds. The molecule has 0 saturated carbocycles. The van der Waals surface area contributed by atoms with Crippen molar-refractivity contribution in [2.24, 2.45) is 7.05 Å². The van der Waals surface area contributed by atoms with Gasteiger partial charge >= 0.3 is 0 Å². The minimum atomic E-state index is -0.838. The number of hydrogen-bond donors (Lipinski definition) is 0. The number of likely N-dealkylation sites (tertiary alicyclic amines) is 1. The number of carbonyl (C=O) groups excluding carboxylic acids is 1. The number of nitrogens with zero attached hydrogens (tertiary/aromatic N) is 4. The van der Waals surface area contributed by atoms with E-state index in [-0.39, 0.29) is 11.9 Å². The molecule has 0 aromatic carbocycles. The van der Waals surface area contributed by atoms with Gasteiger partial charge in [0.1, 0.15) is 6.17 Å². The van der Waals surface area contributed by atoms with Crippen LogP contribution in [0.3, 0.4) is 0 Å². The van der Waals surface area contributed by atoms with Crippen LogP contribution in [0.25, 0.3) is 0 Å². The molecule has 1 aliphatic rings. The maximum Gasteiger partial charge on any atom is 0.263 e. The molecule has 1 fully saturated rings. The van der Waals surface area contributed by atoms with Crippen LogP contribution in [0.1, 0.15) is 27.3 Å². The fourth-order valence-corrected chi connectivity index (χ4v) is 4.15. The molecule has 7 heteroatoms. The summed E-state index contributed by atoms with van der Waals surface area (Å²) in [6.07, 6.45) is 1.39. The third-order valence-electron chi connectivity index (χ3n) is 4.65. The Hall–Kier alpha value is -1.73. The minimum Gasteiger partial charge on any atom is -0.339 e. The first kappa shape index (κ1) is 17.1. The lowest BCUT2D eigenvalue weighted by atomic mass is 10.2. The summed E-state index contributed by atoms with van der Waals surface area (Å²) in [5, 5.41) is 6.10. The molecule has 0 N–H and O–H groups in total. The maximum absolute atomic E-state index is 14.0. The van der Waals surface area contributed by atoms with Crippen LogP contribution in [-0.4, -0.2) is 57.8 Å². The van der Waals surface area contributed by atoms with Gasteiger partial charge in [-0.05, 0) is 36.4 Å². The Labute approximate surface area is 145 Å². The van der Waals surface area contributed by atoms with Crippen molar-refractivity contribution >= 4 is 17.2 Å². The van der Waals surface area contributed by atoms with Crippen LogP contribution in [0, 0.1) is 6.92 Å². The number of halogens is 1. The predicted molar refractivity (Wildman–Crippen MR) is 92.9 cm³/mol. The van der Waals surface area contributed by atoms with E-state index in [2.05, 4.69) is 10.00 Å². The summed E-state index contributed by atoms with van der Waals surface area (Å²) in [7, 11) is 3.69. The Morgan fingerprint density at radius 3 is 2.92 bits per heavy atom. The predicted octanol–water partition coefficient (Wildman–Crippen LogP) is 2.47. The number of amides is 1. The topological polar surface area (TPSA) is 41.4 Å². The molecule has 0 unspecified atom stereocenters. The Morgan fingerprint density at radius 2 is 2.29 bits per heavy atom. The standard InChI is InChI=1S/C17H23FN4OS/c1-12-5-7-24-16(12)17(23)20(2)10-15-8-13(18)9-22(15)11-14-4-6-19-21(14)3/h4-7,13,15H,8-11H2,1-3H3/t13-,15-/m0/s1. The molecule has 0 radical (unpaired) electrons. The van der Waals surface area contributed by atoms with Gasteiger partial charge in [0.15, 0.2) is 0 Å². The molecule has 2 atom stereocenters. The van der Waals surface area contributed by atoms with Crippen LogP contribution in [-0.2, 0) is 13.6 Å². The molecule has 0 bridgehead atoms. The van der Waals surface area contributed by atoms with Crippen LogP contribution >= 0.6 is 11.3 Å². The molecule has 0 aliphatic carbocycles. The van der Waals surface area contributed by atoms with E-state index in [4.69, 9.17) is 0 Å². The van der Waals surface area contributed by atoms with E-state index in [0.717, 1.165) is 16.1 Å². The number of thiophene rings is 1. The maximum atomic E-state index is 14.0. The van der Waals surface area contributed by atoms with Crippen LogP contribution in [0.2, 0.25) is 0 Å². The molecule has 24 heavy (non-hydrogen) atoms. The van der Waals surface area contributed by atoms with Crippen LogP contribution < -0.4 is 0 Å². The second kappa shape index (κ2) is 7.03. The molecular formula is C17H23FN4OS. The van der Waals surface area contributed by atoms with E-state index in [1.807, 2.05) is 36.2 Å². The average Bonchev–Trinajstić information content (AvgIpc) is 3.22. The molecule has 130 valence electrons. The number of likely N-dealkylation sites (N-methyl/N-ethyl adjacent to an activating group) is 1. The Bertz CT molecular complexity index is 713. The normalized spacial score (nSPS) is 21.3. The first-order valence-electron chi connectivity index (χ1n) is 8.10. The summed E-state index contributed by atoms with van der Waals surface area (Å²) in [5.41, 5.74) is 2.05. The third-order valence-corrected chi connectivity index (χ3v) is 5.66. The van der Waals surface area contributed by atoms with Crippen molar-refractivity contribution in [1.29, 1.82) is 0 Å². The molecule has 5 nitrogen and oxygen atoms in total. The number of aryl methyl sites for hydroxylation is 2. The number of aromatic nitrogens is 2. The van der Waals surface area contributed by atoms with Crippen molar-refractivity contribution in [3.63, 3.8) is 0 Å². The zero-order chi connectivity index (χ0) is 17.3. The van der Waals surface area contributed by atoms with Gasteiger partial charge in [0.05, 0.1) is 10.6 Å². The van der Waals surface area contributed by atoms with E-state index in [1.54, 1.807) is 18.1 Å². The van der Waals surface area contributed by atoms with Gasteiger partial charge in [0, 0.05) is 46.0 Å². The van der Waals surface area contributed by atoms with Crippen LogP contribution in [0.5, 0.6) is 0 Å². The highest BCUT2D eigenvalue weighted by atomic mass is 32.1. The zero-order valence-electron chi connectivity index (χ0n) is 14.3. The SMILES string of the molecule is Cc1ccsc1C(=O)N(C)C[C@@H]1C[C@H](F)CN1Cc1ccnn1C. The van der Waals surface area contributed by atoms with Crippen molar-refractivity contribution in [1.82, 2.24) is 19.6 Å². The van der Waals surface area contributed by atoms with Gasteiger partial charge < -0.3 is 4.90 Å². The fraction of sp³-hybridized carbons (Fsp3) is 0.529. The van der Waals surface area contributed by atoms with Gasteiger partial charge in [-0.15, -0.1) is 11.3 Å². The average molecular weight is 350 g/mol. The third kappa shape index (κ3) is 3.52. The highest BCUT2D eigenvalue weighted by Gasteiger charge is 2.34. The van der Waals surface area contributed by atoms with Crippen LogP contribution in [0.4, 0.5) is 4.39 Å². The molecule has 0 spiro atoms. The zero-order valence-corrected chi connectivity index (χ0v) is 15.1. The number of carbonyl (C=O) groups is 1. The summed E-state index contributed by atoms with van der Waals surface area (Å²) in [4.78, 5) is 17.2. The van der Waals surface area contributed by atoms with E-state index < -0.39 is 6.17 Å². The Morgan fingerprint density at radius 1 is 1.50 bits per heavy atom. The largest absolute Gasteiger partial charge is 0.339 e. The highest BCUT2D eigenvalue weighted by molar-refractivity contribution is 7.12. The summed E-state index contributed by atoms with van der Waals surface area (Å²) >= 11 is 1.46. The number of rotatable bonds is 5. The Balaban J connectivity index is 1.67. The van der Waals surface area contributed by atoms with Crippen molar-refractivity contribution in [2.75, 3.05) is 20.1 Å². The van der Waals surface area contributed by atoms with E-state index >= 15 is 0 Å². The van der Waals surface area contributed by atoms with Gasteiger partial charge in [0.2, 0.25) is 0 Å². The van der Waals surface area contributed by atoms with E-state index in [9.17, 15) is 9.18 Å². The summed E-state index contributed by atoms with van der Waals surface area (Å²) < 4.78 is 15.8. The van der Waals surface area contributed by atoms with E-state index in [0.29, 0.717) is 26.1 Å². The number of alkyl halides is 1. The lowest BCUT2D eigenvalue weighted by Gasteiger charge is -2.28. The van der Waals surface area contributed by atoms with Gasteiger partial charge in [-0.1, -0.05) is 0 Å². The minimum absolute atomic E-state index is 0.0188. The number of hydrogen-bond acceptors (Lipinski definition) is 4. The second-order valence-corrected chi connectivity index (χ2v) is 7.40. The molecular weight excluding hydrogens is 327 g/mol. The lowest BCUT2D eigenvalue weighted by Crippen LogP contribution is -2.41. The van der Waals surface area contributed by atoms with Gasteiger partial charge in [-0.3, -0.25) is 14.4 Å². The molecule has 3 heterocycles. The molecule has 2 aromatic heterocycles. The second-order valence-electron chi connectivity index (χ2n) is 6.48. The van der Waals surface area contributed by atoms with Crippen molar-refractivity contribution in [3.05, 3.63) is 39.8 Å². The highest BCUT2D eigenvalue weighted by Crippen LogP contribution is 2.24. The van der Waals surface area contributed by atoms with Gasteiger partial charge in [-0.25, -0.2) is 4.39 Å². The Kier molecular flexibility index (Phi) is 5.01. The monoisotopic (exact) mass is 350 g/mol. The summed E-state index contributed by atoms with van der Waals surface area (Å²) in [6, 6.07) is 3.93. The van der Waals surface area contributed by atoms with Crippen molar-refractivity contribution in [3.8, 4) is 0 Å². The molecule has 3 rings (SSSR count). The van der Waals surface area contributed by atoms with E-state index in [1.165, 1.54) is 11.3 Å². The molecule has 1 saturated heterocycles. The van der Waals surface area contributed by atoms with Crippen molar-refractivity contribution in [2.45, 2.75) is 32.1 Å². The fourth-order valence-electron chi connectivity index (χ4n) is 3.23. The van der Waals surface area contributed by atoms with Gasteiger partial charge in [-0.2, -0.15) is 5.10 Å². The van der Waals surface area contributed by atoms with Gasteiger partial charge in [0.25, 0.3) is 5.91 Å². The first-order valence-corrected chi connectivity index (χ1v) is 8.98. The lowest BCUT2D eigenvalue weighted by molar-refractivity contribution is 0.0753. The quantitative estimate of drug-likeness (QED) is 0.832. The molecule has 2 aromatic rings. The molecule has 1 aliphatic heterocycles. The van der Waals surface area contributed by atoms with Crippen molar-refractivity contribution < 1.29 is 9.18 Å².